The molecule has 7 heteroatoms. The Kier molecular flexibility index (Phi) is 3.54. The number of aromatic nitrogens is 6. The normalized spacial score (nSPS) is 11.3. The highest BCUT2D eigenvalue weighted by molar-refractivity contribution is 6.33. The number of halogens is 1. The summed E-state index contributed by atoms with van der Waals surface area (Å²) in [6.45, 7) is 1.85. The van der Waals surface area contributed by atoms with Gasteiger partial charge < -0.3 is 0 Å². The fourth-order valence-corrected chi connectivity index (χ4v) is 2.97. The second-order valence-electron chi connectivity index (χ2n) is 5.69. The van der Waals surface area contributed by atoms with Gasteiger partial charge >= 0.3 is 0 Å². The van der Waals surface area contributed by atoms with E-state index in [-0.39, 0.29) is 0 Å². The summed E-state index contributed by atoms with van der Waals surface area (Å²) >= 11 is 6.35. The van der Waals surface area contributed by atoms with E-state index >= 15 is 0 Å². The average Bonchev–Trinajstić information content (AvgIpc) is 3.12. The summed E-state index contributed by atoms with van der Waals surface area (Å²) in [5, 5.41) is 17.8. The zero-order valence-electron chi connectivity index (χ0n) is 13.3. The standard InChI is InChI=1S/C17H15ClN6/c1-11-19-20-17-14(18)9-16(22-24(11)17)13-10-23(2)21-15(13)8-12-6-4-3-5-7-12/h3-7,9-10H,8H2,1-2H3. The van der Waals surface area contributed by atoms with Gasteiger partial charge in [-0.15, -0.1) is 10.2 Å². The molecule has 4 rings (SSSR count). The lowest BCUT2D eigenvalue weighted by molar-refractivity contribution is 0.749. The minimum Gasteiger partial charge on any atom is -0.275 e. The predicted molar refractivity (Wildman–Crippen MR) is 92.0 cm³/mol. The number of benzene rings is 1. The maximum atomic E-state index is 6.35. The summed E-state index contributed by atoms with van der Waals surface area (Å²) in [4.78, 5) is 0. The number of nitrogens with zero attached hydrogens (tertiary/aromatic N) is 6. The van der Waals surface area contributed by atoms with Gasteiger partial charge in [-0.1, -0.05) is 41.9 Å². The molecule has 0 N–H and O–H groups in total. The first kappa shape index (κ1) is 14.8. The monoisotopic (exact) mass is 338 g/mol. The number of fused-ring (bicyclic) bond motifs is 1. The molecule has 0 aliphatic rings. The molecule has 0 amide bonds. The van der Waals surface area contributed by atoms with Crippen LogP contribution < -0.4 is 0 Å². The van der Waals surface area contributed by atoms with Crippen molar-refractivity contribution >= 4 is 17.2 Å². The molecule has 0 saturated heterocycles. The van der Waals surface area contributed by atoms with Gasteiger partial charge in [-0.3, -0.25) is 4.68 Å². The molecule has 0 aliphatic heterocycles. The first-order valence-electron chi connectivity index (χ1n) is 7.57. The molecule has 24 heavy (non-hydrogen) atoms. The van der Waals surface area contributed by atoms with Crippen LogP contribution in [0.2, 0.25) is 5.02 Å². The molecule has 6 nitrogen and oxygen atoms in total. The maximum Gasteiger partial charge on any atom is 0.196 e. The molecule has 0 fully saturated rings. The van der Waals surface area contributed by atoms with Crippen molar-refractivity contribution < 1.29 is 0 Å². The summed E-state index contributed by atoms with van der Waals surface area (Å²) in [7, 11) is 1.90. The summed E-state index contributed by atoms with van der Waals surface area (Å²) in [6, 6.07) is 12.1. The van der Waals surface area contributed by atoms with Crippen molar-refractivity contribution in [3.05, 3.63) is 64.7 Å². The zero-order chi connectivity index (χ0) is 16.7. The zero-order valence-corrected chi connectivity index (χ0v) is 14.1. The van der Waals surface area contributed by atoms with Crippen molar-refractivity contribution in [2.24, 2.45) is 7.05 Å². The van der Waals surface area contributed by atoms with Crippen molar-refractivity contribution in [1.82, 2.24) is 29.6 Å². The van der Waals surface area contributed by atoms with Crippen molar-refractivity contribution in [1.29, 1.82) is 0 Å². The molecule has 0 radical (unpaired) electrons. The van der Waals surface area contributed by atoms with Crippen LogP contribution in [0.15, 0.2) is 42.6 Å². The van der Waals surface area contributed by atoms with Crippen molar-refractivity contribution in [2.45, 2.75) is 13.3 Å². The van der Waals surface area contributed by atoms with E-state index in [4.69, 9.17) is 11.6 Å². The summed E-state index contributed by atoms with van der Waals surface area (Å²) < 4.78 is 3.46. The van der Waals surface area contributed by atoms with Gasteiger partial charge in [0.1, 0.15) is 0 Å². The van der Waals surface area contributed by atoms with E-state index in [2.05, 4.69) is 32.5 Å². The minimum atomic E-state index is 0.523. The molecule has 120 valence electrons. The summed E-state index contributed by atoms with van der Waals surface area (Å²) in [5.41, 5.74) is 4.43. The fourth-order valence-electron chi connectivity index (χ4n) is 2.75. The van der Waals surface area contributed by atoms with E-state index in [9.17, 15) is 0 Å². The topological polar surface area (TPSA) is 60.9 Å². The van der Waals surface area contributed by atoms with Crippen molar-refractivity contribution in [3.8, 4) is 11.3 Å². The lowest BCUT2D eigenvalue weighted by Crippen LogP contribution is -1.99. The minimum absolute atomic E-state index is 0.523. The molecule has 3 heterocycles. The van der Waals surface area contributed by atoms with E-state index in [1.165, 1.54) is 5.56 Å². The Balaban J connectivity index is 1.83. The quantitative estimate of drug-likeness (QED) is 0.576. The molecule has 0 saturated carbocycles. The van der Waals surface area contributed by atoms with Gasteiger partial charge in [-0.25, -0.2) is 0 Å². The van der Waals surface area contributed by atoms with Crippen LogP contribution in [0, 0.1) is 6.92 Å². The Morgan fingerprint density at radius 1 is 1.08 bits per heavy atom. The van der Waals surface area contributed by atoms with Gasteiger partial charge in [-0.05, 0) is 18.6 Å². The second-order valence-corrected chi connectivity index (χ2v) is 6.09. The number of rotatable bonds is 3. The van der Waals surface area contributed by atoms with Crippen LogP contribution in [0.5, 0.6) is 0 Å². The van der Waals surface area contributed by atoms with E-state index in [1.807, 2.05) is 44.4 Å². The third kappa shape index (κ3) is 2.55. The molecule has 0 aliphatic carbocycles. The van der Waals surface area contributed by atoms with Gasteiger partial charge in [-0.2, -0.15) is 14.7 Å². The number of aryl methyl sites for hydroxylation is 2. The average molecular weight is 339 g/mol. The highest BCUT2D eigenvalue weighted by Crippen LogP contribution is 2.27. The van der Waals surface area contributed by atoms with Crippen LogP contribution in [0.1, 0.15) is 17.1 Å². The third-order valence-corrected chi connectivity index (χ3v) is 4.16. The van der Waals surface area contributed by atoms with Gasteiger partial charge in [0.25, 0.3) is 0 Å². The Morgan fingerprint density at radius 2 is 1.88 bits per heavy atom. The van der Waals surface area contributed by atoms with Crippen LogP contribution in [0.3, 0.4) is 0 Å². The molecule has 3 aromatic heterocycles. The van der Waals surface area contributed by atoms with E-state index in [0.29, 0.717) is 16.5 Å². The largest absolute Gasteiger partial charge is 0.275 e. The first-order valence-corrected chi connectivity index (χ1v) is 7.95. The van der Waals surface area contributed by atoms with Crippen molar-refractivity contribution in [2.75, 3.05) is 0 Å². The molecule has 0 unspecified atom stereocenters. The van der Waals surface area contributed by atoms with Crippen LogP contribution in [0.4, 0.5) is 0 Å². The fraction of sp³-hybridized carbons (Fsp3) is 0.176. The van der Waals surface area contributed by atoms with Crippen LogP contribution in [-0.4, -0.2) is 29.6 Å². The summed E-state index contributed by atoms with van der Waals surface area (Å²) in [6.07, 6.45) is 2.69. The van der Waals surface area contributed by atoms with Gasteiger partial charge in [0.05, 0.1) is 16.4 Å². The molecule has 0 bridgehead atoms. The summed E-state index contributed by atoms with van der Waals surface area (Å²) in [5.74, 6) is 0.697. The van der Waals surface area contributed by atoms with Gasteiger partial charge in [0, 0.05) is 25.2 Å². The van der Waals surface area contributed by atoms with Gasteiger partial charge in [0.2, 0.25) is 0 Å². The lowest BCUT2D eigenvalue weighted by atomic mass is 10.1. The maximum absolute atomic E-state index is 6.35. The highest BCUT2D eigenvalue weighted by Gasteiger charge is 2.16. The molecule has 0 atom stereocenters. The van der Waals surface area contributed by atoms with E-state index in [0.717, 1.165) is 23.4 Å². The molecular formula is C17H15ClN6. The van der Waals surface area contributed by atoms with E-state index in [1.54, 1.807) is 9.20 Å². The van der Waals surface area contributed by atoms with Gasteiger partial charge in [0.15, 0.2) is 11.5 Å². The first-order chi connectivity index (χ1) is 11.6. The Bertz CT molecular complexity index is 1020. The van der Waals surface area contributed by atoms with Crippen LogP contribution in [-0.2, 0) is 13.5 Å². The SMILES string of the molecule is Cc1nnc2c(Cl)cc(-c3cn(C)nc3Cc3ccccc3)nn12. The van der Waals surface area contributed by atoms with Crippen LogP contribution in [0.25, 0.3) is 16.9 Å². The predicted octanol–water partition coefficient (Wildman–Crippen LogP) is 3.08. The molecule has 4 aromatic rings. The third-order valence-electron chi connectivity index (χ3n) is 3.88. The number of hydrogen-bond acceptors (Lipinski definition) is 4. The smallest absolute Gasteiger partial charge is 0.196 e. The highest BCUT2D eigenvalue weighted by atomic mass is 35.5. The molecule has 0 spiro atoms. The Morgan fingerprint density at radius 3 is 2.67 bits per heavy atom. The Hall–Kier alpha value is -2.73. The van der Waals surface area contributed by atoms with Crippen LogP contribution >= 0.6 is 11.6 Å². The molecule has 1 aromatic carbocycles. The number of hydrogen-bond donors (Lipinski definition) is 0. The lowest BCUT2D eigenvalue weighted by Gasteiger charge is -2.04. The van der Waals surface area contributed by atoms with E-state index < -0.39 is 0 Å². The van der Waals surface area contributed by atoms with Crippen molar-refractivity contribution in [3.63, 3.8) is 0 Å². The molecular weight excluding hydrogens is 324 g/mol. The second kappa shape index (κ2) is 5.72. The Labute approximate surface area is 143 Å².